The Hall–Kier alpha value is -2.11. The molecule has 0 fully saturated rings. The Balaban J connectivity index is 1.78. The van der Waals surface area contributed by atoms with Crippen molar-refractivity contribution in [2.24, 2.45) is 0 Å². The van der Waals surface area contributed by atoms with Gasteiger partial charge in [0.05, 0.1) is 19.0 Å². The third-order valence-electron chi connectivity index (χ3n) is 4.24. The van der Waals surface area contributed by atoms with E-state index in [1.54, 1.807) is 6.33 Å². The topological polar surface area (TPSA) is 78.9 Å². The van der Waals surface area contributed by atoms with Crippen LogP contribution in [0.4, 0.5) is 5.82 Å². The summed E-state index contributed by atoms with van der Waals surface area (Å²) in [5.74, 6) is 0.386. The molecule has 0 saturated carbocycles. The molecule has 1 atom stereocenters. The minimum Gasteiger partial charge on any atom is -0.463 e. The number of nitrogens with two attached hydrogens (primary N) is 1. The Kier molecular flexibility index (Phi) is 5.10. The van der Waals surface area contributed by atoms with E-state index in [0.29, 0.717) is 30.0 Å². The zero-order valence-corrected chi connectivity index (χ0v) is 13.7. The van der Waals surface area contributed by atoms with E-state index in [1.165, 1.54) is 25.7 Å². The van der Waals surface area contributed by atoms with Crippen molar-refractivity contribution in [3.05, 3.63) is 18.5 Å². The van der Waals surface area contributed by atoms with Gasteiger partial charge in [0.1, 0.15) is 0 Å². The van der Waals surface area contributed by atoms with Crippen LogP contribution in [0, 0.1) is 0 Å². The summed E-state index contributed by atoms with van der Waals surface area (Å²) in [4.78, 5) is 13.1. The number of hydrogen-bond acceptors (Lipinski definition) is 5. The second-order valence-electron chi connectivity index (χ2n) is 6.05. The Labute approximate surface area is 136 Å². The summed E-state index contributed by atoms with van der Waals surface area (Å²) in [6, 6.07) is 0.647. The van der Waals surface area contributed by atoms with Gasteiger partial charge in [-0.05, 0) is 25.7 Å². The highest BCUT2D eigenvalue weighted by Crippen LogP contribution is 2.27. The molecule has 0 radical (unpaired) electrons. The lowest BCUT2D eigenvalue weighted by atomic mass is 10.0. The molecule has 1 aliphatic rings. The molecule has 2 N–H and O–H groups in total. The molecule has 0 amide bonds. The van der Waals surface area contributed by atoms with Crippen molar-refractivity contribution in [1.29, 1.82) is 0 Å². The predicted octanol–water partition coefficient (Wildman–Crippen LogP) is 3.65. The van der Waals surface area contributed by atoms with Gasteiger partial charge in [0.2, 0.25) is 0 Å². The van der Waals surface area contributed by atoms with Crippen molar-refractivity contribution in [3.8, 4) is 6.01 Å². The number of aromatic nitrogens is 4. The van der Waals surface area contributed by atoms with Gasteiger partial charge < -0.3 is 15.0 Å². The number of unbranched alkanes of at least 4 members (excludes halogenated alkanes) is 3. The van der Waals surface area contributed by atoms with Gasteiger partial charge in [-0.3, -0.25) is 0 Å². The van der Waals surface area contributed by atoms with Crippen LogP contribution >= 0.6 is 0 Å². The molecule has 2 aromatic heterocycles. The Morgan fingerprint density at radius 3 is 3.00 bits per heavy atom. The van der Waals surface area contributed by atoms with Gasteiger partial charge in [-0.15, -0.1) is 0 Å². The van der Waals surface area contributed by atoms with E-state index in [9.17, 15) is 0 Å². The van der Waals surface area contributed by atoms with E-state index >= 15 is 0 Å². The summed E-state index contributed by atoms with van der Waals surface area (Å²) < 4.78 is 7.77. The van der Waals surface area contributed by atoms with E-state index in [-0.39, 0.29) is 0 Å². The van der Waals surface area contributed by atoms with Gasteiger partial charge in [-0.2, -0.15) is 9.97 Å². The van der Waals surface area contributed by atoms with Crippen molar-refractivity contribution in [3.63, 3.8) is 0 Å². The number of anilines is 1. The summed E-state index contributed by atoms with van der Waals surface area (Å²) in [6.45, 7) is 2.82. The number of ether oxygens (including phenoxy) is 1. The van der Waals surface area contributed by atoms with Crippen LogP contribution in [0.2, 0.25) is 0 Å². The molecule has 23 heavy (non-hydrogen) atoms. The predicted molar refractivity (Wildman–Crippen MR) is 91.4 cm³/mol. The monoisotopic (exact) mass is 315 g/mol. The van der Waals surface area contributed by atoms with Crippen LogP contribution in [0.1, 0.15) is 57.9 Å². The van der Waals surface area contributed by atoms with Gasteiger partial charge in [0.25, 0.3) is 0 Å². The maximum atomic E-state index is 6.03. The van der Waals surface area contributed by atoms with Crippen molar-refractivity contribution in [2.45, 2.75) is 57.9 Å². The van der Waals surface area contributed by atoms with E-state index in [1.807, 2.05) is 0 Å². The van der Waals surface area contributed by atoms with Crippen LogP contribution in [0.15, 0.2) is 18.5 Å². The number of hydrogen-bond donors (Lipinski definition) is 1. The van der Waals surface area contributed by atoms with E-state index in [2.05, 4.69) is 38.6 Å². The molecule has 3 rings (SSSR count). The molecule has 0 spiro atoms. The fraction of sp³-hybridized carbons (Fsp3) is 0.588. The quantitative estimate of drug-likeness (QED) is 0.623. The van der Waals surface area contributed by atoms with E-state index in [4.69, 9.17) is 10.5 Å². The average molecular weight is 315 g/mol. The highest BCUT2D eigenvalue weighted by Gasteiger charge is 2.17. The van der Waals surface area contributed by atoms with Gasteiger partial charge in [0, 0.05) is 0 Å². The largest absolute Gasteiger partial charge is 0.463 e. The maximum Gasteiger partial charge on any atom is 0.320 e. The fourth-order valence-electron chi connectivity index (χ4n) is 2.94. The van der Waals surface area contributed by atoms with Crippen molar-refractivity contribution in [1.82, 2.24) is 19.5 Å². The highest BCUT2D eigenvalue weighted by atomic mass is 16.5. The van der Waals surface area contributed by atoms with E-state index < -0.39 is 0 Å². The van der Waals surface area contributed by atoms with Gasteiger partial charge in [0.15, 0.2) is 17.0 Å². The normalized spacial score (nSPS) is 17.7. The van der Waals surface area contributed by atoms with Crippen LogP contribution in [0.3, 0.4) is 0 Å². The first-order valence-corrected chi connectivity index (χ1v) is 8.59. The molecule has 1 aliphatic carbocycles. The Bertz CT molecular complexity index is 679. The highest BCUT2D eigenvalue weighted by molar-refractivity contribution is 5.82. The molecule has 6 heteroatoms. The number of fused-ring (bicyclic) bond motifs is 1. The zero-order chi connectivity index (χ0) is 16.1. The molecule has 2 aromatic rings. The van der Waals surface area contributed by atoms with Crippen LogP contribution in [-0.2, 0) is 0 Å². The number of imidazole rings is 1. The second kappa shape index (κ2) is 7.44. The van der Waals surface area contributed by atoms with Crippen LogP contribution in [0.5, 0.6) is 6.01 Å². The molecule has 0 bridgehead atoms. The minimum atomic E-state index is 0.292. The number of nitrogens with zero attached hydrogens (tertiary/aromatic N) is 4. The summed E-state index contributed by atoms with van der Waals surface area (Å²) >= 11 is 0. The Morgan fingerprint density at radius 2 is 2.22 bits per heavy atom. The first-order chi connectivity index (χ1) is 11.3. The molecule has 124 valence electrons. The lowest BCUT2D eigenvalue weighted by Crippen LogP contribution is -2.10. The van der Waals surface area contributed by atoms with Crippen LogP contribution in [-0.4, -0.2) is 26.1 Å². The molecular formula is C17H25N5O. The summed E-state index contributed by atoms with van der Waals surface area (Å²) in [7, 11) is 0. The van der Waals surface area contributed by atoms with Crippen molar-refractivity contribution >= 4 is 17.0 Å². The van der Waals surface area contributed by atoms with Gasteiger partial charge in [-0.25, -0.2) is 4.98 Å². The molecule has 0 aromatic carbocycles. The Morgan fingerprint density at radius 1 is 1.30 bits per heavy atom. The summed E-state index contributed by atoms with van der Waals surface area (Å²) in [6.07, 6.45) is 14.3. The average Bonchev–Trinajstić information content (AvgIpc) is 3.00. The first kappa shape index (κ1) is 15.8. The molecule has 0 saturated heterocycles. The maximum absolute atomic E-state index is 6.03. The summed E-state index contributed by atoms with van der Waals surface area (Å²) in [5, 5.41) is 0. The first-order valence-electron chi connectivity index (χ1n) is 8.59. The molecular weight excluding hydrogens is 290 g/mol. The molecule has 6 nitrogen and oxygen atoms in total. The van der Waals surface area contributed by atoms with Gasteiger partial charge >= 0.3 is 6.01 Å². The number of allylic oxidation sites excluding steroid dienone is 2. The number of nitrogen functional groups attached to an aromatic ring is 1. The van der Waals surface area contributed by atoms with Crippen molar-refractivity contribution in [2.75, 3.05) is 12.3 Å². The number of rotatable bonds is 7. The smallest absolute Gasteiger partial charge is 0.320 e. The lowest BCUT2D eigenvalue weighted by molar-refractivity contribution is 0.283. The fourth-order valence-corrected chi connectivity index (χ4v) is 2.94. The van der Waals surface area contributed by atoms with Crippen LogP contribution < -0.4 is 10.5 Å². The molecule has 2 heterocycles. The SMILES string of the molecule is CCCCCCOc1nc(N)c2ncn(C3C=CCCC3)c2n1. The van der Waals surface area contributed by atoms with Crippen LogP contribution in [0.25, 0.3) is 11.2 Å². The molecule has 0 aliphatic heterocycles. The van der Waals surface area contributed by atoms with Crippen molar-refractivity contribution < 1.29 is 4.74 Å². The lowest BCUT2D eigenvalue weighted by Gasteiger charge is -2.18. The molecule has 1 unspecified atom stereocenters. The second-order valence-corrected chi connectivity index (χ2v) is 6.05. The van der Waals surface area contributed by atoms with E-state index in [0.717, 1.165) is 24.9 Å². The van der Waals surface area contributed by atoms with Gasteiger partial charge in [-0.1, -0.05) is 38.3 Å². The standard InChI is InChI=1S/C17H25N5O/c1-2-3-4-8-11-23-17-20-15(18)14-16(21-17)22(12-19-14)13-9-6-5-7-10-13/h6,9,12-13H,2-5,7-8,10-11H2,1H3,(H2,18,20,21). The third-order valence-corrected chi connectivity index (χ3v) is 4.24. The minimum absolute atomic E-state index is 0.292. The zero-order valence-electron chi connectivity index (χ0n) is 13.7. The summed E-state index contributed by atoms with van der Waals surface area (Å²) in [5.41, 5.74) is 7.44. The third kappa shape index (κ3) is 3.63.